The first-order chi connectivity index (χ1) is 9.31. The number of aromatic nitrogens is 4. The Morgan fingerprint density at radius 1 is 1.32 bits per heavy atom. The molecule has 2 heterocycles. The van der Waals surface area contributed by atoms with Crippen LogP contribution in [0, 0.1) is 11.8 Å². The van der Waals surface area contributed by atoms with Crippen molar-refractivity contribution in [3.05, 3.63) is 0 Å². The fourth-order valence-corrected chi connectivity index (χ4v) is 3.73. The first kappa shape index (κ1) is 12.8. The van der Waals surface area contributed by atoms with Crippen molar-refractivity contribution in [2.75, 3.05) is 25.2 Å². The zero-order valence-corrected chi connectivity index (χ0v) is 11.8. The van der Waals surface area contributed by atoms with Gasteiger partial charge in [0, 0.05) is 19.7 Å². The van der Waals surface area contributed by atoms with Gasteiger partial charge in [0.1, 0.15) is 0 Å². The van der Waals surface area contributed by atoms with Crippen LogP contribution in [0.5, 0.6) is 0 Å². The molecule has 0 N–H and O–H groups in total. The van der Waals surface area contributed by atoms with E-state index in [1.54, 1.807) is 7.11 Å². The minimum atomic E-state index is 0.635. The summed E-state index contributed by atoms with van der Waals surface area (Å²) in [4.78, 5) is 2.43. The van der Waals surface area contributed by atoms with Crippen molar-refractivity contribution in [3.63, 3.8) is 0 Å². The minimum Gasteiger partial charge on any atom is -0.383 e. The Kier molecular flexibility index (Phi) is 3.68. The van der Waals surface area contributed by atoms with Crippen LogP contribution in [0.15, 0.2) is 0 Å². The fourth-order valence-electron chi connectivity index (χ4n) is 3.73. The molecule has 0 amide bonds. The number of methoxy groups -OCH3 is 1. The van der Waals surface area contributed by atoms with Gasteiger partial charge in [0.05, 0.1) is 13.2 Å². The van der Waals surface area contributed by atoms with Crippen molar-refractivity contribution in [1.29, 1.82) is 0 Å². The van der Waals surface area contributed by atoms with E-state index >= 15 is 0 Å². The molecule has 0 spiro atoms. The monoisotopic (exact) mass is 265 g/mol. The number of anilines is 1. The first-order valence-electron chi connectivity index (χ1n) is 7.33. The summed E-state index contributed by atoms with van der Waals surface area (Å²) in [7, 11) is 1.71. The van der Waals surface area contributed by atoms with Crippen LogP contribution < -0.4 is 4.90 Å². The number of hydrogen-bond donors (Lipinski definition) is 0. The second-order valence-electron chi connectivity index (χ2n) is 5.84. The number of ether oxygens (including phenoxy) is 1. The van der Waals surface area contributed by atoms with Crippen molar-refractivity contribution >= 4 is 5.95 Å². The maximum Gasteiger partial charge on any atom is 0.245 e. The van der Waals surface area contributed by atoms with Crippen LogP contribution >= 0.6 is 0 Å². The fraction of sp³-hybridized carbons (Fsp3) is 0.923. The highest BCUT2D eigenvalue weighted by Gasteiger charge is 2.42. The van der Waals surface area contributed by atoms with Gasteiger partial charge in [0.25, 0.3) is 0 Å². The van der Waals surface area contributed by atoms with E-state index in [0.29, 0.717) is 12.6 Å². The lowest BCUT2D eigenvalue weighted by Crippen LogP contribution is -2.36. The summed E-state index contributed by atoms with van der Waals surface area (Å²) >= 11 is 0. The van der Waals surface area contributed by atoms with E-state index in [0.717, 1.165) is 30.9 Å². The molecular formula is C13H23N5O. The largest absolute Gasteiger partial charge is 0.383 e. The van der Waals surface area contributed by atoms with Crippen LogP contribution in [-0.4, -0.2) is 46.5 Å². The molecule has 6 nitrogen and oxygen atoms in total. The molecular weight excluding hydrogens is 242 g/mol. The lowest BCUT2D eigenvalue weighted by atomic mass is 9.80. The Labute approximate surface area is 114 Å². The molecule has 1 saturated carbocycles. The third kappa shape index (κ3) is 2.33. The maximum atomic E-state index is 5.13. The average molecular weight is 265 g/mol. The summed E-state index contributed by atoms with van der Waals surface area (Å²) in [5.41, 5.74) is 0. The molecule has 1 aliphatic carbocycles. The van der Waals surface area contributed by atoms with Crippen molar-refractivity contribution in [3.8, 4) is 0 Å². The normalized spacial score (nSPS) is 30.6. The molecule has 6 heteroatoms. The van der Waals surface area contributed by atoms with Gasteiger partial charge in [-0.25, -0.2) is 4.68 Å². The summed E-state index contributed by atoms with van der Waals surface area (Å²) in [5.74, 6) is 2.50. The predicted molar refractivity (Wildman–Crippen MR) is 71.9 cm³/mol. The van der Waals surface area contributed by atoms with Crippen LogP contribution in [0.3, 0.4) is 0 Å². The summed E-state index contributed by atoms with van der Waals surface area (Å²) in [6.07, 6.45) is 5.37. The van der Waals surface area contributed by atoms with Crippen molar-refractivity contribution in [1.82, 2.24) is 20.2 Å². The molecule has 106 valence electrons. The number of rotatable bonds is 4. The molecule has 1 aromatic rings. The highest BCUT2D eigenvalue weighted by molar-refractivity contribution is 5.34. The maximum absolute atomic E-state index is 5.13. The summed E-state index contributed by atoms with van der Waals surface area (Å²) in [6.45, 7) is 4.82. The lowest BCUT2D eigenvalue weighted by Gasteiger charge is -2.32. The van der Waals surface area contributed by atoms with Gasteiger partial charge < -0.3 is 9.64 Å². The van der Waals surface area contributed by atoms with E-state index in [2.05, 4.69) is 27.3 Å². The Hall–Kier alpha value is -1.17. The van der Waals surface area contributed by atoms with Gasteiger partial charge in [0.2, 0.25) is 5.95 Å². The van der Waals surface area contributed by atoms with Gasteiger partial charge in [-0.1, -0.05) is 24.9 Å². The average Bonchev–Trinajstić information content (AvgIpc) is 3.02. The van der Waals surface area contributed by atoms with Gasteiger partial charge >= 0.3 is 0 Å². The van der Waals surface area contributed by atoms with Crippen molar-refractivity contribution < 1.29 is 4.74 Å². The Bertz CT molecular complexity index is 421. The second-order valence-corrected chi connectivity index (χ2v) is 5.84. The molecule has 2 fully saturated rings. The molecule has 19 heavy (non-hydrogen) atoms. The third-order valence-corrected chi connectivity index (χ3v) is 4.67. The third-order valence-electron chi connectivity index (χ3n) is 4.67. The first-order valence-corrected chi connectivity index (χ1v) is 7.33. The van der Waals surface area contributed by atoms with Crippen LogP contribution in [0.25, 0.3) is 0 Å². The second kappa shape index (κ2) is 5.45. The molecule has 3 unspecified atom stereocenters. The minimum absolute atomic E-state index is 0.635. The number of fused-ring (bicyclic) bond motifs is 1. The highest BCUT2D eigenvalue weighted by atomic mass is 16.5. The SMILES string of the molecule is COCCn1nnnc1N1CC(C)C2CCCCC21. The van der Waals surface area contributed by atoms with E-state index in [1.165, 1.54) is 25.7 Å². The number of nitrogens with zero attached hydrogens (tertiary/aromatic N) is 5. The standard InChI is InChI=1S/C13H23N5O/c1-10-9-17(12-6-4-3-5-11(10)12)13-14-15-16-18(13)7-8-19-2/h10-12H,3-9H2,1-2H3. The summed E-state index contributed by atoms with van der Waals surface area (Å²) < 4.78 is 7.01. The van der Waals surface area contributed by atoms with E-state index < -0.39 is 0 Å². The molecule has 0 aromatic carbocycles. The molecule has 1 saturated heterocycles. The Balaban J connectivity index is 1.80. The van der Waals surface area contributed by atoms with E-state index in [1.807, 2.05) is 4.68 Å². The van der Waals surface area contributed by atoms with E-state index in [9.17, 15) is 0 Å². The summed E-state index contributed by atoms with van der Waals surface area (Å²) in [5, 5.41) is 12.2. The van der Waals surface area contributed by atoms with E-state index in [4.69, 9.17) is 4.74 Å². The lowest BCUT2D eigenvalue weighted by molar-refractivity contribution is 0.183. The topological polar surface area (TPSA) is 56.1 Å². The van der Waals surface area contributed by atoms with Crippen LogP contribution in [0.2, 0.25) is 0 Å². The van der Waals surface area contributed by atoms with Gasteiger partial charge in [-0.05, 0) is 35.1 Å². The predicted octanol–water partition coefficient (Wildman–Crippen LogP) is 1.33. The molecule has 2 aliphatic rings. The number of tetrazole rings is 1. The molecule has 3 rings (SSSR count). The zero-order valence-electron chi connectivity index (χ0n) is 11.8. The molecule has 3 atom stereocenters. The van der Waals surface area contributed by atoms with Crippen LogP contribution in [0.4, 0.5) is 5.95 Å². The molecule has 1 aromatic heterocycles. The molecule has 0 radical (unpaired) electrons. The van der Waals surface area contributed by atoms with Gasteiger partial charge in [-0.15, -0.1) is 0 Å². The van der Waals surface area contributed by atoms with Crippen LogP contribution in [0.1, 0.15) is 32.6 Å². The van der Waals surface area contributed by atoms with Crippen molar-refractivity contribution in [2.45, 2.75) is 45.2 Å². The zero-order chi connectivity index (χ0) is 13.2. The van der Waals surface area contributed by atoms with Crippen molar-refractivity contribution in [2.24, 2.45) is 11.8 Å². The molecule has 1 aliphatic heterocycles. The van der Waals surface area contributed by atoms with Gasteiger partial charge in [0.15, 0.2) is 0 Å². The van der Waals surface area contributed by atoms with Crippen LogP contribution in [-0.2, 0) is 11.3 Å². The molecule has 0 bridgehead atoms. The quantitative estimate of drug-likeness (QED) is 0.822. The Morgan fingerprint density at radius 3 is 3.00 bits per heavy atom. The Morgan fingerprint density at radius 2 is 2.16 bits per heavy atom. The van der Waals surface area contributed by atoms with Gasteiger partial charge in [-0.3, -0.25) is 0 Å². The van der Waals surface area contributed by atoms with Gasteiger partial charge in [-0.2, -0.15) is 0 Å². The highest BCUT2D eigenvalue weighted by Crippen LogP contribution is 2.41. The smallest absolute Gasteiger partial charge is 0.245 e. The van der Waals surface area contributed by atoms with E-state index in [-0.39, 0.29) is 0 Å². The summed E-state index contributed by atoms with van der Waals surface area (Å²) in [6, 6.07) is 0.635. The number of hydrogen-bond acceptors (Lipinski definition) is 5.